The van der Waals surface area contributed by atoms with Crippen LogP contribution in [0, 0.1) is 0 Å². The van der Waals surface area contributed by atoms with Crippen LogP contribution in [0.1, 0.15) is 20.3 Å². The molecule has 0 N–H and O–H groups in total. The van der Waals surface area contributed by atoms with Crippen LogP contribution < -0.4 is 0 Å². The van der Waals surface area contributed by atoms with Gasteiger partial charge in [0, 0.05) is 38.3 Å². The van der Waals surface area contributed by atoms with Crippen LogP contribution in [0.4, 0.5) is 4.39 Å². The highest BCUT2D eigenvalue weighted by Crippen LogP contribution is 2.24. The number of hydrogen-bond acceptors (Lipinski definition) is 2. The van der Waals surface area contributed by atoms with Crippen molar-refractivity contribution < 1.29 is 4.39 Å². The number of halogens is 1. The minimum absolute atomic E-state index is 0.492. The summed E-state index contributed by atoms with van der Waals surface area (Å²) in [5, 5.41) is 0. The van der Waals surface area contributed by atoms with E-state index in [1.807, 2.05) is 0 Å². The van der Waals surface area contributed by atoms with E-state index in [-0.39, 0.29) is 0 Å². The van der Waals surface area contributed by atoms with Crippen LogP contribution in [0.5, 0.6) is 0 Å². The van der Waals surface area contributed by atoms with E-state index in [9.17, 15) is 4.39 Å². The number of fused-ring (bicyclic) bond motifs is 1. The summed E-state index contributed by atoms with van der Waals surface area (Å²) >= 11 is 0. The number of hydrogen-bond donors (Lipinski definition) is 0. The summed E-state index contributed by atoms with van der Waals surface area (Å²) in [4.78, 5) is 4.77. The Balaban J connectivity index is 1.93. The summed E-state index contributed by atoms with van der Waals surface area (Å²) in [5.74, 6) is 0. The molecule has 2 fully saturated rings. The molecule has 13 heavy (non-hydrogen) atoms. The predicted molar refractivity (Wildman–Crippen MR) is 51.6 cm³/mol. The summed E-state index contributed by atoms with van der Waals surface area (Å²) in [5.41, 5.74) is 0. The Morgan fingerprint density at radius 1 is 1.23 bits per heavy atom. The fraction of sp³-hybridized carbons (Fsp3) is 1.00. The molecule has 2 rings (SSSR count). The smallest absolute Gasteiger partial charge is 0.114 e. The Kier molecular flexibility index (Phi) is 2.56. The van der Waals surface area contributed by atoms with Gasteiger partial charge in [-0.2, -0.15) is 0 Å². The fourth-order valence-electron chi connectivity index (χ4n) is 2.47. The average molecular weight is 186 g/mol. The average Bonchev–Trinajstić information content (AvgIpc) is 2.42. The third kappa shape index (κ3) is 1.86. The quantitative estimate of drug-likeness (QED) is 0.605. The second-order valence-electron chi connectivity index (χ2n) is 4.57. The van der Waals surface area contributed by atoms with Gasteiger partial charge in [0.25, 0.3) is 0 Å². The van der Waals surface area contributed by atoms with E-state index in [4.69, 9.17) is 0 Å². The van der Waals surface area contributed by atoms with Gasteiger partial charge in [0.15, 0.2) is 0 Å². The molecule has 3 heteroatoms. The van der Waals surface area contributed by atoms with Crippen LogP contribution in [0.3, 0.4) is 0 Å². The molecule has 0 aromatic rings. The van der Waals surface area contributed by atoms with Crippen molar-refractivity contribution >= 4 is 0 Å². The van der Waals surface area contributed by atoms with E-state index >= 15 is 0 Å². The first-order valence-corrected chi connectivity index (χ1v) is 5.29. The number of nitrogens with zero attached hydrogens (tertiary/aromatic N) is 2. The summed E-state index contributed by atoms with van der Waals surface area (Å²) in [7, 11) is 0. The Morgan fingerprint density at radius 3 is 2.69 bits per heavy atom. The molecule has 0 unspecified atom stereocenters. The summed E-state index contributed by atoms with van der Waals surface area (Å²) in [6.45, 7) is 8.36. The van der Waals surface area contributed by atoms with Gasteiger partial charge >= 0.3 is 0 Å². The lowest BCUT2D eigenvalue weighted by molar-refractivity contribution is 0.0823. The topological polar surface area (TPSA) is 6.48 Å². The van der Waals surface area contributed by atoms with E-state index in [1.165, 1.54) is 0 Å². The predicted octanol–water partition coefficient (Wildman–Crippen LogP) is 1.12. The second kappa shape index (κ2) is 3.54. The first kappa shape index (κ1) is 9.41. The zero-order chi connectivity index (χ0) is 9.42. The zero-order valence-electron chi connectivity index (χ0n) is 8.54. The van der Waals surface area contributed by atoms with Crippen molar-refractivity contribution in [1.82, 2.24) is 9.80 Å². The standard InChI is InChI=1S/C10H19FN2/c1-8(2)12-3-4-13-6-9(11)5-10(13)7-12/h8-10H,3-7H2,1-2H3/t9-,10-/m1/s1. The third-order valence-corrected chi connectivity index (χ3v) is 3.33. The molecule has 0 aromatic heterocycles. The highest BCUT2D eigenvalue weighted by molar-refractivity contribution is 4.91. The van der Waals surface area contributed by atoms with Gasteiger partial charge in [0.2, 0.25) is 0 Å². The molecule has 0 aromatic carbocycles. The van der Waals surface area contributed by atoms with Gasteiger partial charge in [-0.3, -0.25) is 9.80 Å². The number of rotatable bonds is 1. The SMILES string of the molecule is CC(C)N1CCN2C[C@H](F)C[C@@H]2C1. The Morgan fingerprint density at radius 2 is 2.00 bits per heavy atom. The molecule has 0 saturated carbocycles. The molecule has 0 aliphatic carbocycles. The van der Waals surface area contributed by atoms with Crippen molar-refractivity contribution in [3.05, 3.63) is 0 Å². The molecule has 0 radical (unpaired) electrons. The van der Waals surface area contributed by atoms with E-state index in [0.29, 0.717) is 18.6 Å². The Bertz CT molecular complexity index is 184. The molecule has 2 aliphatic rings. The minimum Gasteiger partial charge on any atom is -0.298 e. The Hall–Kier alpha value is -0.150. The molecule has 0 amide bonds. The van der Waals surface area contributed by atoms with Crippen molar-refractivity contribution in [2.24, 2.45) is 0 Å². The van der Waals surface area contributed by atoms with Crippen LogP contribution >= 0.6 is 0 Å². The second-order valence-corrected chi connectivity index (χ2v) is 4.57. The summed E-state index contributed by atoms with van der Waals surface area (Å²) in [6, 6.07) is 1.10. The summed E-state index contributed by atoms with van der Waals surface area (Å²) < 4.78 is 13.1. The van der Waals surface area contributed by atoms with Crippen molar-refractivity contribution in [2.75, 3.05) is 26.2 Å². The highest BCUT2D eigenvalue weighted by Gasteiger charge is 2.36. The lowest BCUT2D eigenvalue weighted by atomic mass is 10.1. The molecule has 0 bridgehead atoms. The minimum atomic E-state index is -0.572. The number of alkyl halides is 1. The molecule has 0 spiro atoms. The van der Waals surface area contributed by atoms with Crippen LogP contribution in [0.25, 0.3) is 0 Å². The first-order chi connectivity index (χ1) is 6.16. The van der Waals surface area contributed by atoms with E-state index in [1.54, 1.807) is 0 Å². The van der Waals surface area contributed by atoms with Crippen LogP contribution in [0.2, 0.25) is 0 Å². The van der Waals surface area contributed by atoms with E-state index in [2.05, 4.69) is 23.6 Å². The maximum absolute atomic E-state index is 13.1. The van der Waals surface area contributed by atoms with Crippen LogP contribution in [-0.2, 0) is 0 Å². The molecular formula is C10H19FN2. The van der Waals surface area contributed by atoms with Crippen molar-refractivity contribution in [2.45, 2.75) is 38.5 Å². The lowest BCUT2D eigenvalue weighted by Crippen LogP contribution is -2.52. The van der Waals surface area contributed by atoms with Gasteiger partial charge < -0.3 is 0 Å². The van der Waals surface area contributed by atoms with Crippen LogP contribution in [0.15, 0.2) is 0 Å². The third-order valence-electron chi connectivity index (χ3n) is 3.33. The molecule has 2 aliphatic heterocycles. The van der Waals surface area contributed by atoms with Crippen molar-refractivity contribution in [3.63, 3.8) is 0 Å². The van der Waals surface area contributed by atoms with Crippen LogP contribution in [-0.4, -0.2) is 54.2 Å². The largest absolute Gasteiger partial charge is 0.298 e. The maximum atomic E-state index is 13.1. The van der Waals surface area contributed by atoms with Gasteiger partial charge in [-0.15, -0.1) is 0 Å². The zero-order valence-corrected chi connectivity index (χ0v) is 8.54. The van der Waals surface area contributed by atoms with Gasteiger partial charge in [0.1, 0.15) is 6.17 Å². The van der Waals surface area contributed by atoms with E-state index < -0.39 is 6.17 Å². The monoisotopic (exact) mass is 186 g/mol. The lowest BCUT2D eigenvalue weighted by Gasteiger charge is -2.39. The van der Waals surface area contributed by atoms with Gasteiger partial charge in [0.05, 0.1) is 0 Å². The Labute approximate surface area is 79.7 Å². The van der Waals surface area contributed by atoms with E-state index in [0.717, 1.165) is 26.1 Å². The van der Waals surface area contributed by atoms with Crippen molar-refractivity contribution in [3.8, 4) is 0 Å². The van der Waals surface area contributed by atoms with Gasteiger partial charge in [-0.1, -0.05) is 0 Å². The molecule has 2 saturated heterocycles. The normalized spacial score (nSPS) is 36.9. The fourth-order valence-corrected chi connectivity index (χ4v) is 2.47. The van der Waals surface area contributed by atoms with Gasteiger partial charge in [-0.25, -0.2) is 4.39 Å². The highest BCUT2D eigenvalue weighted by atomic mass is 19.1. The van der Waals surface area contributed by atoms with Crippen molar-refractivity contribution in [1.29, 1.82) is 0 Å². The van der Waals surface area contributed by atoms with Gasteiger partial charge in [-0.05, 0) is 20.3 Å². The molecule has 76 valence electrons. The molecular weight excluding hydrogens is 167 g/mol. The molecule has 2 atom stereocenters. The molecule has 2 heterocycles. The number of piperazine rings is 1. The maximum Gasteiger partial charge on any atom is 0.114 e. The summed E-state index contributed by atoms with van der Waals surface area (Å²) in [6.07, 6.45) is 0.181. The molecule has 2 nitrogen and oxygen atoms in total. The first-order valence-electron chi connectivity index (χ1n) is 5.29.